The molecule has 0 aliphatic rings. The van der Waals surface area contributed by atoms with Crippen molar-refractivity contribution in [1.29, 1.82) is 0 Å². The van der Waals surface area contributed by atoms with E-state index in [9.17, 15) is 4.79 Å². The third kappa shape index (κ3) is 4.00. The first-order valence-corrected chi connectivity index (χ1v) is 9.49. The van der Waals surface area contributed by atoms with Crippen molar-refractivity contribution in [3.8, 4) is 0 Å². The molecule has 122 valence electrons. The molecular weight excluding hydrogens is 382 g/mol. The van der Waals surface area contributed by atoms with E-state index < -0.39 is 0 Å². The van der Waals surface area contributed by atoms with Crippen molar-refractivity contribution < 1.29 is 4.79 Å². The molecular formula is C20H18BrNOS. The fourth-order valence-electron chi connectivity index (χ4n) is 2.69. The van der Waals surface area contributed by atoms with Gasteiger partial charge in [0.25, 0.3) is 0 Å². The number of nitrogens with one attached hydrogen (secondary N) is 1. The number of carbonyl (C=O) groups excluding carboxylic acids is 1. The molecule has 2 nitrogen and oxygen atoms in total. The van der Waals surface area contributed by atoms with Crippen molar-refractivity contribution in [3.05, 3.63) is 70.2 Å². The minimum absolute atomic E-state index is 0.0154. The van der Waals surface area contributed by atoms with Gasteiger partial charge in [-0.25, -0.2) is 0 Å². The molecule has 0 heterocycles. The van der Waals surface area contributed by atoms with Crippen LogP contribution < -0.4 is 5.32 Å². The molecule has 0 radical (unpaired) electrons. The molecule has 0 fully saturated rings. The minimum atomic E-state index is 0.0154. The highest BCUT2D eigenvalue weighted by Gasteiger charge is 2.09. The molecule has 1 amide bonds. The number of fused-ring (bicyclic) bond motifs is 1. The summed E-state index contributed by atoms with van der Waals surface area (Å²) in [4.78, 5) is 13.4. The van der Waals surface area contributed by atoms with Crippen molar-refractivity contribution in [1.82, 2.24) is 0 Å². The number of aryl methyl sites for hydroxylation is 2. The van der Waals surface area contributed by atoms with Crippen LogP contribution in [0, 0.1) is 13.8 Å². The van der Waals surface area contributed by atoms with Crippen LogP contribution in [0.5, 0.6) is 0 Å². The Hall–Kier alpha value is -1.78. The lowest BCUT2D eigenvalue weighted by molar-refractivity contribution is -0.113. The van der Waals surface area contributed by atoms with E-state index in [1.54, 1.807) is 11.8 Å². The first-order chi connectivity index (χ1) is 11.5. The highest BCUT2D eigenvalue weighted by atomic mass is 79.9. The van der Waals surface area contributed by atoms with Gasteiger partial charge < -0.3 is 5.32 Å². The number of benzene rings is 3. The molecule has 0 saturated carbocycles. The normalized spacial score (nSPS) is 10.8. The van der Waals surface area contributed by atoms with Gasteiger partial charge in [0.05, 0.1) is 5.75 Å². The molecule has 3 rings (SSSR count). The topological polar surface area (TPSA) is 29.1 Å². The lowest BCUT2D eigenvalue weighted by Gasteiger charge is -2.12. The zero-order valence-electron chi connectivity index (χ0n) is 13.6. The van der Waals surface area contributed by atoms with Crippen molar-refractivity contribution in [2.24, 2.45) is 0 Å². The number of rotatable bonds is 4. The van der Waals surface area contributed by atoms with Gasteiger partial charge in [0.1, 0.15) is 0 Å². The van der Waals surface area contributed by atoms with E-state index in [1.807, 2.05) is 38.1 Å². The fraction of sp³-hybridized carbons (Fsp3) is 0.150. The van der Waals surface area contributed by atoms with Gasteiger partial charge in [-0.05, 0) is 60.0 Å². The summed E-state index contributed by atoms with van der Waals surface area (Å²) in [6, 6.07) is 18.6. The molecule has 0 aromatic heterocycles. The number of carbonyl (C=O) groups is 1. The van der Waals surface area contributed by atoms with E-state index in [1.165, 1.54) is 10.8 Å². The summed E-state index contributed by atoms with van der Waals surface area (Å²) in [5.74, 6) is 0.412. The predicted molar refractivity (Wildman–Crippen MR) is 107 cm³/mol. The Morgan fingerprint density at radius 3 is 2.38 bits per heavy atom. The van der Waals surface area contributed by atoms with E-state index >= 15 is 0 Å². The van der Waals surface area contributed by atoms with Crippen molar-refractivity contribution >= 4 is 50.1 Å². The number of thioether (sulfide) groups is 1. The highest BCUT2D eigenvalue weighted by molar-refractivity contribution is 9.10. The molecule has 24 heavy (non-hydrogen) atoms. The first-order valence-electron chi connectivity index (χ1n) is 7.71. The third-order valence-electron chi connectivity index (χ3n) is 3.85. The second kappa shape index (κ2) is 7.41. The minimum Gasteiger partial charge on any atom is -0.325 e. The molecule has 0 spiro atoms. The quantitative estimate of drug-likeness (QED) is 0.549. The first kappa shape index (κ1) is 17.1. The van der Waals surface area contributed by atoms with E-state index in [-0.39, 0.29) is 5.91 Å². The Morgan fingerprint density at radius 1 is 1.00 bits per heavy atom. The van der Waals surface area contributed by atoms with Gasteiger partial charge in [-0.2, -0.15) is 0 Å². The maximum atomic E-state index is 12.3. The van der Waals surface area contributed by atoms with Crippen LogP contribution in [0.3, 0.4) is 0 Å². The second-order valence-corrected chi connectivity index (χ2v) is 7.72. The Balaban J connectivity index is 1.67. The number of hydrogen-bond donors (Lipinski definition) is 1. The third-order valence-corrected chi connectivity index (χ3v) is 5.30. The summed E-state index contributed by atoms with van der Waals surface area (Å²) in [7, 11) is 0. The highest BCUT2D eigenvalue weighted by Crippen LogP contribution is 2.27. The zero-order chi connectivity index (χ0) is 17.1. The summed E-state index contributed by atoms with van der Waals surface area (Å²) < 4.78 is 1.03. The van der Waals surface area contributed by atoms with E-state index in [0.717, 1.165) is 26.2 Å². The zero-order valence-corrected chi connectivity index (χ0v) is 16.0. The van der Waals surface area contributed by atoms with Crippen LogP contribution >= 0.6 is 27.7 Å². The van der Waals surface area contributed by atoms with Crippen LogP contribution in [0.15, 0.2) is 64.0 Å². The lowest BCUT2D eigenvalue weighted by Crippen LogP contribution is -2.15. The van der Waals surface area contributed by atoms with Crippen LogP contribution in [0.1, 0.15) is 11.1 Å². The summed E-state index contributed by atoms with van der Waals surface area (Å²) in [6.45, 7) is 4.01. The SMILES string of the molecule is Cc1cc(Br)cc(C)c1NC(=O)CSc1ccc2ccccc2c1. The standard InChI is InChI=1S/C20H18BrNOS/c1-13-9-17(21)10-14(2)20(13)22-19(23)12-24-18-8-7-15-5-3-4-6-16(15)11-18/h3-11H,12H2,1-2H3,(H,22,23). The van der Waals surface area contributed by atoms with E-state index in [4.69, 9.17) is 0 Å². The van der Waals surface area contributed by atoms with Crippen LogP contribution in [-0.2, 0) is 4.79 Å². The van der Waals surface area contributed by atoms with Crippen LogP contribution in [0.25, 0.3) is 10.8 Å². The molecule has 4 heteroatoms. The Bertz CT molecular complexity index is 884. The Morgan fingerprint density at radius 2 is 1.67 bits per heavy atom. The molecule has 0 bridgehead atoms. The molecule has 0 unspecified atom stereocenters. The molecule has 0 aliphatic heterocycles. The second-order valence-electron chi connectivity index (χ2n) is 5.76. The van der Waals surface area contributed by atoms with Crippen molar-refractivity contribution in [2.45, 2.75) is 18.7 Å². The van der Waals surface area contributed by atoms with Crippen molar-refractivity contribution in [3.63, 3.8) is 0 Å². The average Bonchev–Trinajstić information content (AvgIpc) is 2.56. The van der Waals surface area contributed by atoms with Crippen LogP contribution in [0.2, 0.25) is 0 Å². The van der Waals surface area contributed by atoms with Crippen LogP contribution in [0.4, 0.5) is 5.69 Å². The smallest absolute Gasteiger partial charge is 0.234 e. The van der Waals surface area contributed by atoms with Gasteiger partial charge in [0, 0.05) is 15.1 Å². The van der Waals surface area contributed by atoms with E-state index in [0.29, 0.717) is 5.75 Å². The number of halogens is 1. The Labute approximate surface area is 154 Å². The van der Waals surface area contributed by atoms with Gasteiger partial charge in [-0.1, -0.05) is 46.3 Å². The van der Waals surface area contributed by atoms with Gasteiger partial charge in [0.2, 0.25) is 5.91 Å². The number of amides is 1. The van der Waals surface area contributed by atoms with Crippen LogP contribution in [-0.4, -0.2) is 11.7 Å². The van der Waals surface area contributed by atoms with Gasteiger partial charge in [-0.15, -0.1) is 11.8 Å². The molecule has 0 saturated heterocycles. The Kier molecular flexibility index (Phi) is 5.27. The van der Waals surface area contributed by atoms with Gasteiger partial charge >= 0.3 is 0 Å². The largest absolute Gasteiger partial charge is 0.325 e. The molecule has 3 aromatic carbocycles. The average molecular weight is 400 g/mol. The summed E-state index contributed by atoms with van der Waals surface area (Å²) in [5.41, 5.74) is 3.03. The number of hydrogen-bond acceptors (Lipinski definition) is 2. The van der Waals surface area contributed by atoms with Gasteiger partial charge in [-0.3, -0.25) is 4.79 Å². The maximum Gasteiger partial charge on any atom is 0.234 e. The lowest BCUT2D eigenvalue weighted by atomic mass is 10.1. The van der Waals surface area contributed by atoms with E-state index in [2.05, 4.69) is 51.6 Å². The summed E-state index contributed by atoms with van der Waals surface area (Å²) in [6.07, 6.45) is 0. The molecule has 3 aromatic rings. The molecule has 0 atom stereocenters. The van der Waals surface area contributed by atoms with Gasteiger partial charge in [0.15, 0.2) is 0 Å². The molecule has 1 N–H and O–H groups in total. The predicted octanol–water partition coefficient (Wildman–Crippen LogP) is 5.95. The summed E-state index contributed by atoms with van der Waals surface area (Å²) >= 11 is 5.03. The number of anilines is 1. The summed E-state index contributed by atoms with van der Waals surface area (Å²) in [5, 5.41) is 5.44. The monoisotopic (exact) mass is 399 g/mol. The maximum absolute atomic E-state index is 12.3. The van der Waals surface area contributed by atoms with Crippen molar-refractivity contribution in [2.75, 3.05) is 11.1 Å². The molecule has 0 aliphatic carbocycles. The fourth-order valence-corrected chi connectivity index (χ4v) is 4.12.